The highest BCUT2D eigenvalue weighted by molar-refractivity contribution is 7.12. The molecule has 0 bridgehead atoms. The summed E-state index contributed by atoms with van der Waals surface area (Å²) in [7, 11) is 0. The molecule has 2 aromatic rings. The molecule has 4 nitrogen and oxygen atoms in total. The minimum Gasteiger partial charge on any atom is -0.369 e. The van der Waals surface area contributed by atoms with Crippen LogP contribution in [-0.2, 0) is 17.6 Å². The van der Waals surface area contributed by atoms with E-state index in [0.717, 1.165) is 10.4 Å². The zero-order valence-corrected chi connectivity index (χ0v) is 11.1. The summed E-state index contributed by atoms with van der Waals surface area (Å²) < 4.78 is 0. The monoisotopic (exact) mass is 274 g/mol. The summed E-state index contributed by atoms with van der Waals surface area (Å²) in [5, 5.41) is 0. The fourth-order valence-corrected chi connectivity index (χ4v) is 3.08. The van der Waals surface area contributed by atoms with Gasteiger partial charge in [0.05, 0.1) is 12.0 Å². The van der Waals surface area contributed by atoms with Crippen molar-refractivity contribution in [1.29, 1.82) is 0 Å². The van der Waals surface area contributed by atoms with E-state index in [2.05, 4.69) is 0 Å². The number of carbonyl (C=O) groups is 2. The largest absolute Gasteiger partial charge is 0.369 e. The number of thiophene rings is 1. The van der Waals surface area contributed by atoms with E-state index in [9.17, 15) is 9.59 Å². The van der Waals surface area contributed by atoms with Crippen LogP contribution < -0.4 is 11.5 Å². The van der Waals surface area contributed by atoms with Crippen molar-refractivity contribution in [3.05, 3.63) is 57.3 Å². The zero-order valence-electron chi connectivity index (χ0n) is 10.3. The number of benzene rings is 1. The van der Waals surface area contributed by atoms with Gasteiger partial charge in [0.2, 0.25) is 11.8 Å². The fraction of sp³-hybridized carbons (Fsp3) is 0.143. The molecule has 1 aromatic carbocycles. The smallest absolute Gasteiger partial charge is 0.249 e. The van der Waals surface area contributed by atoms with Gasteiger partial charge in [0.1, 0.15) is 0 Å². The molecule has 0 aliphatic carbocycles. The van der Waals surface area contributed by atoms with Crippen LogP contribution >= 0.6 is 11.3 Å². The Bertz CT molecular complexity index is 605. The lowest BCUT2D eigenvalue weighted by Gasteiger charge is -1.97. The average Bonchev–Trinajstić information content (AvgIpc) is 2.72. The maximum absolute atomic E-state index is 11.3. The number of hydrogen-bond acceptors (Lipinski definition) is 3. The molecule has 0 aliphatic heterocycles. The SMILES string of the molecule is NC(=O)Cc1sc(Cc2ccccc2)cc1C(N)=O. The molecule has 0 spiro atoms. The average molecular weight is 274 g/mol. The molecule has 0 aliphatic rings. The summed E-state index contributed by atoms with van der Waals surface area (Å²) in [5.74, 6) is -0.984. The molecule has 0 saturated carbocycles. The van der Waals surface area contributed by atoms with E-state index in [1.165, 1.54) is 11.3 Å². The minimum absolute atomic E-state index is 0.0533. The second-order valence-corrected chi connectivity index (χ2v) is 5.44. The van der Waals surface area contributed by atoms with Crippen LogP contribution in [0.4, 0.5) is 0 Å². The van der Waals surface area contributed by atoms with Crippen molar-refractivity contribution in [1.82, 2.24) is 0 Å². The van der Waals surface area contributed by atoms with Crippen LogP contribution in [0.5, 0.6) is 0 Å². The molecule has 2 rings (SSSR count). The molecule has 4 N–H and O–H groups in total. The second-order valence-electron chi connectivity index (χ2n) is 4.22. The summed E-state index contributed by atoms with van der Waals surface area (Å²) in [4.78, 5) is 24.0. The van der Waals surface area contributed by atoms with E-state index >= 15 is 0 Å². The van der Waals surface area contributed by atoms with Crippen LogP contribution in [-0.4, -0.2) is 11.8 Å². The lowest BCUT2D eigenvalue weighted by Crippen LogP contribution is -2.17. The quantitative estimate of drug-likeness (QED) is 0.865. The zero-order chi connectivity index (χ0) is 13.8. The van der Waals surface area contributed by atoms with Gasteiger partial charge in [-0.1, -0.05) is 30.3 Å². The Hall–Kier alpha value is -2.14. The van der Waals surface area contributed by atoms with E-state index in [1.54, 1.807) is 6.07 Å². The van der Waals surface area contributed by atoms with E-state index in [0.29, 0.717) is 16.9 Å². The van der Waals surface area contributed by atoms with Crippen LogP contribution in [0, 0.1) is 0 Å². The maximum Gasteiger partial charge on any atom is 0.249 e. The van der Waals surface area contributed by atoms with Crippen LogP contribution in [0.25, 0.3) is 0 Å². The third-order valence-electron chi connectivity index (χ3n) is 2.68. The highest BCUT2D eigenvalue weighted by Crippen LogP contribution is 2.25. The number of primary amides is 2. The molecule has 2 amide bonds. The maximum atomic E-state index is 11.3. The molecule has 1 aromatic heterocycles. The van der Waals surface area contributed by atoms with Crippen LogP contribution in [0.1, 0.15) is 25.7 Å². The molecule has 0 fully saturated rings. The Labute approximate surface area is 115 Å². The number of hydrogen-bond donors (Lipinski definition) is 2. The van der Waals surface area contributed by atoms with Crippen LogP contribution in [0.15, 0.2) is 36.4 Å². The van der Waals surface area contributed by atoms with E-state index in [-0.39, 0.29) is 6.42 Å². The van der Waals surface area contributed by atoms with Gasteiger partial charge in [0.25, 0.3) is 0 Å². The Balaban J connectivity index is 2.27. The molecule has 5 heteroatoms. The highest BCUT2D eigenvalue weighted by atomic mass is 32.1. The molecule has 98 valence electrons. The topological polar surface area (TPSA) is 86.2 Å². The number of nitrogens with two attached hydrogens (primary N) is 2. The van der Waals surface area contributed by atoms with E-state index in [1.807, 2.05) is 30.3 Å². The first-order valence-corrected chi connectivity index (χ1v) is 6.61. The predicted molar refractivity (Wildman–Crippen MR) is 75.0 cm³/mol. The van der Waals surface area contributed by atoms with Crippen molar-refractivity contribution in [3.8, 4) is 0 Å². The molecule has 19 heavy (non-hydrogen) atoms. The van der Waals surface area contributed by atoms with E-state index < -0.39 is 11.8 Å². The molecule has 0 unspecified atom stereocenters. The lowest BCUT2D eigenvalue weighted by atomic mass is 10.1. The number of carbonyl (C=O) groups excluding carboxylic acids is 2. The summed E-state index contributed by atoms with van der Waals surface area (Å²) in [6, 6.07) is 11.6. The summed E-state index contributed by atoms with van der Waals surface area (Å²) in [6.07, 6.45) is 0.766. The van der Waals surface area contributed by atoms with Crippen molar-refractivity contribution < 1.29 is 9.59 Å². The van der Waals surface area contributed by atoms with Gasteiger partial charge in [0.15, 0.2) is 0 Å². The summed E-state index contributed by atoms with van der Waals surface area (Å²) >= 11 is 1.41. The standard InChI is InChI=1S/C14H14N2O2S/c15-13(17)8-12-11(14(16)18)7-10(19-12)6-9-4-2-1-3-5-9/h1-5,7H,6,8H2,(H2,15,17)(H2,16,18). The number of rotatable bonds is 5. The normalized spacial score (nSPS) is 10.3. The van der Waals surface area contributed by atoms with Crippen LogP contribution in [0.3, 0.4) is 0 Å². The predicted octanol–water partition coefficient (Wildman–Crippen LogP) is 1.47. The van der Waals surface area contributed by atoms with Crippen molar-refractivity contribution in [2.75, 3.05) is 0 Å². The molecular weight excluding hydrogens is 260 g/mol. The first-order chi connectivity index (χ1) is 9.06. The third-order valence-corrected chi connectivity index (χ3v) is 3.82. The summed E-state index contributed by atoms with van der Waals surface area (Å²) in [5.41, 5.74) is 12.0. The Morgan fingerprint density at radius 1 is 1.11 bits per heavy atom. The highest BCUT2D eigenvalue weighted by Gasteiger charge is 2.15. The van der Waals surface area contributed by atoms with Crippen LogP contribution in [0.2, 0.25) is 0 Å². The van der Waals surface area contributed by atoms with Gasteiger partial charge in [-0.2, -0.15) is 0 Å². The van der Waals surface area contributed by atoms with Gasteiger partial charge in [-0.25, -0.2) is 0 Å². The Kier molecular flexibility index (Phi) is 3.97. The third kappa shape index (κ3) is 3.42. The van der Waals surface area contributed by atoms with Crippen molar-refractivity contribution in [2.45, 2.75) is 12.8 Å². The number of amides is 2. The first-order valence-electron chi connectivity index (χ1n) is 5.80. The van der Waals surface area contributed by atoms with Gasteiger partial charge >= 0.3 is 0 Å². The lowest BCUT2D eigenvalue weighted by molar-refractivity contribution is -0.117. The van der Waals surface area contributed by atoms with Crippen molar-refractivity contribution in [3.63, 3.8) is 0 Å². The Morgan fingerprint density at radius 2 is 1.79 bits per heavy atom. The van der Waals surface area contributed by atoms with Crippen molar-refractivity contribution in [2.24, 2.45) is 11.5 Å². The molecule has 0 atom stereocenters. The summed E-state index contributed by atoms with van der Waals surface area (Å²) in [6.45, 7) is 0. The fourth-order valence-electron chi connectivity index (χ4n) is 1.87. The molecular formula is C14H14N2O2S. The molecule has 0 saturated heterocycles. The first kappa shape index (κ1) is 13.3. The molecule has 0 radical (unpaired) electrons. The minimum atomic E-state index is -0.521. The Morgan fingerprint density at radius 3 is 2.37 bits per heavy atom. The molecule has 1 heterocycles. The van der Waals surface area contributed by atoms with Gasteiger partial charge < -0.3 is 11.5 Å². The second kappa shape index (κ2) is 5.67. The van der Waals surface area contributed by atoms with Crippen molar-refractivity contribution >= 4 is 23.2 Å². The van der Waals surface area contributed by atoms with Gasteiger partial charge in [0, 0.05) is 16.2 Å². The van der Waals surface area contributed by atoms with Gasteiger partial charge in [-0.15, -0.1) is 11.3 Å². The van der Waals surface area contributed by atoms with Gasteiger partial charge in [-0.05, 0) is 11.6 Å². The van der Waals surface area contributed by atoms with E-state index in [4.69, 9.17) is 11.5 Å². The van der Waals surface area contributed by atoms with Gasteiger partial charge in [-0.3, -0.25) is 9.59 Å².